The SMILES string of the molecule is CCCCCCCCCCC(CCCCCCC(CCCCCCCCCC)C(=O)O)C(=O)[O-].[Na+].[Na+]. The van der Waals surface area contributed by atoms with Crippen LogP contribution in [0.3, 0.4) is 0 Å². The van der Waals surface area contributed by atoms with Gasteiger partial charge in [-0.05, 0) is 31.6 Å². The zero-order chi connectivity index (χ0) is 25.3. The van der Waals surface area contributed by atoms with E-state index in [1.807, 2.05) is 0 Å². The molecule has 2 unspecified atom stereocenters. The molecule has 4 nitrogen and oxygen atoms in total. The average Bonchev–Trinajstić information content (AvgIpc) is 2.81. The van der Waals surface area contributed by atoms with Crippen molar-refractivity contribution in [3.63, 3.8) is 0 Å². The summed E-state index contributed by atoms with van der Waals surface area (Å²) in [5, 5.41) is 21.0. The molecule has 0 rings (SSSR count). The van der Waals surface area contributed by atoms with Crippen molar-refractivity contribution in [3.8, 4) is 0 Å². The summed E-state index contributed by atoms with van der Waals surface area (Å²) in [6.45, 7) is 4.46. The van der Waals surface area contributed by atoms with E-state index >= 15 is 0 Å². The summed E-state index contributed by atoms with van der Waals surface area (Å²) in [4.78, 5) is 23.0. The maximum atomic E-state index is 11.6. The van der Waals surface area contributed by atoms with E-state index in [2.05, 4.69) is 13.8 Å². The molecule has 0 fully saturated rings. The second-order valence-corrected chi connectivity index (χ2v) is 10.6. The monoisotopic (exact) mass is 527 g/mol. The minimum atomic E-state index is -0.890. The summed E-state index contributed by atoms with van der Waals surface area (Å²) in [6, 6.07) is 0. The van der Waals surface area contributed by atoms with Crippen LogP contribution in [-0.2, 0) is 9.59 Å². The Hall–Kier alpha value is 0.940. The van der Waals surface area contributed by atoms with Gasteiger partial charge >= 0.3 is 65.1 Å². The Bertz CT molecular complexity index is 432. The van der Waals surface area contributed by atoms with Crippen LogP contribution >= 0.6 is 0 Å². The van der Waals surface area contributed by atoms with Gasteiger partial charge in [0.25, 0.3) is 0 Å². The summed E-state index contributed by atoms with van der Waals surface area (Å²) in [7, 11) is 0. The quantitative estimate of drug-likeness (QED) is 0.132. The molecule has 0 radical (unpaired) electrons. The molecular formula is C30H57Na2O4+. The van der Waals surface area contributed by atoms with Gasteiger partial charge in [0.15, 0.2) is 0 Å². The van der Waals surface area contributed by atoms with Crippen LogP contribution in [0.2, 0.25) is 0 Å². The molecule has 2 atom stereocenters. The first kappa shape index (κ1) is 41.4. The van der Waals surface area contributed by atoms with Crippen LogP contribution < -0.4 is 64.2 Å². The number of aliphatic carboxylic acids is 2. The number of unbranched alkanes of at least 4 members (excludes halogenated alkanes) is 17. The number of carbonyl (C=O) groups is 2. The predicted octanol–water partition coefficient (Wildman–Crippen LogP) is 2.46. The third-order valence-corrected chi connectivity index (χ3v) is 7.35. The normalized spacial score (nSPS) is 12.4. The maximum Gasteiger partial charge on any atom is 1.00 e. The van der Waals surface area contributed by atoms with Gasteiger partial charge in [0.2, 0.25) is 0 Å². The van der Waals surface area contributed by atoms with Crippen molar-refractivity contribution in [2.75, 3.05) is 0 Å². The molecule has 0 spiro atoms. The van der Waals surface area contributed by atoms with E-state index in [9.17, 15) is 19.8 Å². The van der Waals surface area contributed by atoms with E-state index in [1.54, 1.807) is 0 Å². The molecule has 0 aromatic carbocycles. The molecule has 0 saturated carbocycles. The molecule has 36 heavy (non-hydrogen) atoms. The molecule has 0 saturated heterocycles. The van der Waals surface area contributed by atoms with Gasteiger partial charge in [0.1, 0.15) is 0 Å². The number of carboxylic acids is 2. The Kier molecular flexibility index (Phi) is 37.0. The van der Waals surface area contributed by atoms with E-state index < -0.39 is 11.9 Å². The number of carboxylic acid groups (broad SMARTS) is 2. The van der Waals surface area contributed by atoms with Crippen LogP contribution in [0.15, 0.2) is 0 Å². The molecular weight excluding hydrogens is 470 g/mol. The van der Waals surface area contributed by atoms with Crippen LogP contribution in [0, 0.1) is 11.8 Å². The third-order valence-electron chi connectivity index (χ3n) is 7.35. The maximum absolute atomic E-state index is 11.6. The Morgan fingerprint density at radius 3 is 1.00 bits per heavy atom. The van der Waals surface area contributed by atoms with Crippen LogP contribution in [0.1, 0.15) is 168 Å². The molecule has 0 aliphatic heterocycles. The number of hydrogen-bond donors (Lipinski definition) is 1. The second-order valence-electron chi connectivity index (χ2n) is 10.6. The number of rotatable bonds is 27. The molecule has 0 bridgehead atoms. The first-order chi connectivity index (χ1) is 16.5. The van der Waals surface area contributed by atoms with Crippen LogP contribution in [0.5, 0.6) is 0 Å². The third kappa shape index (κ3) is 28.0. The first-order valence-electron chi connectivity index (χ1n) is 15.0. The van der Waals surface area contributed by atoms with Gasteiger partial charge in [-0.1, -0.05) is 142 Å². The van der Waals surface area contributed by atoms with Gasteiger partial charge in [0, 0.05) is 5.97 Å². The molecule has 0 aliphatic carbocycles. The van der Waals surface area contributed by atoms with E-state index in [0.717, 1.165) is 70.6 Å². The van der Waals surface area contributed by atoms with Crippen molar-refractivity contribution in [2.24, 2.45) is 11.8 Å². The Labute approximate surface area is 268 Å². The van der Waals surface area contributed by atoms with Crippen LogP contribution in [-0.4, -0.2) is 17.0 Å². The minimum absolute atomic E-state index is 0. The zero-order valence-corrected chi connectivity index (χ0v) is 28.8. The molecule has 202 valence electrons. The van der Waals surface area contributed by atoms with Gasteiger partial charge < -0.3 is 15.0 Å². The average molecular weight is 528 g/mol. The van der Waals surface area contributed by atoms with E-state index in [1.165, 1.54) is 77.0 Å². The fraction of sp³-hybridized carbons (Fsp3) is 0.933. The van der Waals surface area contributed by atoms with Crippen molar-refractivity contribution < 1.29 is 78.9 Å². The summed E-state index contributed by atoms with van der Waals surface area (Å²) in [5.41, 5.74) is 0. The second kappa shape index (κ2) is 32.2. The number of hydrogen-bond acceptors (Lipinski definition) is 3. The molecule has 0 aromatic rings. The molecule has 1 N–H and O–H groups in total. The van der Waals surface area contributed by atoms with E-state index in [0.29, 0.717) is 6.42 Å². The molecule has 0 aliphatic rings. The van der Waals surface area contributed by atoms with Gasteiger partial charge in [-0.15, -0.1) is 0 Å². The van der Waals surface area contributed by atoms with Gasteiger partial charge in [0.05, 0.1) is 5.92 Å². The summed E-state index contributed by atoms with van der Waals surface area (Å²) >= 11 is 0. The molecule has 6 heteroatoms. The minimum Gasteiger partial charge on any atom is -0.550 e. The Balaban J connectivity index is -0.00000544. The molecule has 0 aromatic heterocycles. The van der Waals surface area contributed by atoms with Crippen molar-refractivity contribution in [1.82, 2.24) is 0 Å². The summed E-state index contributed by atoms with van der Waals surface area (Å²) in [5.74, 6) is -2.06. The van der Waals surface area contributed by atoms with Gasteiger partial charge in [-0.3, -0.25) is 4.79 Å². The fourth-order valence-electron chi connectivity index (χ4n) is 4.96. The summed E-state index contributed by atoms with van der Waals surface area (Å²) in [6.07, 6.45) is 26.6. The largest absolute Gasteiger partial charge is 1.00 e. The van der Waals surface area contributed by atoms with Crippen molar-refractivity contribution in [1.29, 1.82) is 0 Å². The van der Waals surface area contributed by atoms with Gasteiger partial charge in [-0.2, -0.15) is 0 Å². The Morgan fingerprint density at radius 2 is 0.750 bits per heavy atom. The van der Waals surface area contributed by atoms with Crippen LogP contribution in [0.4, 0.5) is 0 Å². The van der Waals surface area contributed by atoms with E-state index in [-0.39, 0.29) is 71.0 Å². The van der Waals surface area contributed by atoms with Crippen molar-refractivity contribution >= 4 is 11.9 Å². The molecule has 0 heterocycles. The Morgan fingerprint density at radius 1 is 0.500 bits per heavy atom. The van der Waals surface area contributed by atoms with Crippen LogP contribution in [0.25, 0.3) is 0 Å². The topological polar surface area (TPSA) is 77.4 Å². The first-order valence-corrected chi connectivity index (χ1v) is 15.0. The standard InChI is InChI=1S/C30H58O4.2Na/c1-3-5-7-9-11-13-15-19-23-27(29(31)32)25-21-17-18-22-26-28(30(33)34)24-20-16-14-12-10-8-6-4-2;;/h27-28H,3-26H2,1-2H3,(H,31,32)(H,33,34);;/q;2*+1/p-1. The smallest absolute Gasteiger partial charge is 0.550 e. The van der Waals surface area contributed by atoms with E-state index in [4.69, 9.17) is 0 Å². The fourth-order valence-corrected chi connectivity index (χ4v) is 4.96. The van der Waals surface area contributed by atoms with Gasteiger partial charge in [-0.25, -0.2) is 0 Å². The summed E-state index contributed by atoms with van der Waals surface area (Å²) < 4.78 is 0. The number of carbonyl (C=O) groups excluding carboxylic acids is 1. The zero-order valence-electron chi connectivity index (χ0n) is 24.8. The van der Waals surface area contributed by atoms with Crippen molar-refractivity contribution in [3.05, 3.63) is 0 Å². The van der Waals surface area contributed by atoms with Crippen molar-refractivity contribution in [2.45, 2.75) is 168 Å². The molecule has 0 amide bonds. The predicted molar refractivity (Wildman–Crippen MR) is 142 cm³/mol.